The summed E-state index contributed by atoms with van der Waals surface area (Å²) in [5.41, 5.74) is 4.61. The number of primary amides is 1. The van der Waals surface area contributed by atoms with Gasteiger partial charge in [0.2, 0.25) is 5.91 Å². The molecule has 0 spiro atoms. The number of aliphatic hydroxyl groups is 5. The van der Waals surface area contributed by atoms with E-state index >= 15 is 0 Å². The molecule has 4 unspecified atom stereocenters. The molecule has 0 rings (SSSR count). The quantitative estimate of drug-likeness (QED) is 0.282. The summed E-state index contributed by atoms with van der Waals surface area (Å²) in [6, 6.07) is 0. The average Bonchev–Trinajstić information content (AvgIpc) is 2.12. The standard InChI is InChI=1S/C6H13NO6.ClH.H2Se/c7-6(13)5(12)4(11)3(10)2(9)1-8;;/h2-5,8-12H,1H2,(H2,7,13);1H;1H2. The van der Waals surface area contributed by atoms with Gasteiger partial charge in [-0.3, -0.25) is 4.79 Å². The second-order valence-corrected chi connectivity index (χ2v) is 2.58. The fraction of sp³-hybridized carbons (Fsp3) is 0.833. The summed E-state index contributed by atoms with van der Waals surface area (Å²) < 4.78 is 0. The Morgan fingerprint density at radius 2 is 1.53 bits per heavy atom. The Morgan fingerprint density at radius 1 is 1.13 bits per heavy atom. The molecule has 0 aliphatic carbocycles. The van der Waals surface area contributed by atoms with Crippen molar-refractivity contribution in [1.82, 2.24) is 0 Å². The normalized spacial score (nSPS) is 17.7. The molecule has 0 aliphatic rings. The first-order chi connectivity index (χ1) is 5.91. The van der Waals surface area contributed by atoms with Crippen LogP contribution in [-0.4, -0.2) is 79.5 Å². The Kier molecular flexibility index (Phi) is 12.7. The zero-order valence-corrected chi connectivity index (χ0v) is 10.6. The first kappa shape index (κ1) is 20.5. The van der Waals surface area contributed by atoms with E-state index < -0.39 is 36.9 Å². The van der Waals surface area contributed by atoms with Crippen LogP contribution in [0.25, 0.3) is 0 Å². The predicted octanol–water partition coefficient (Wildman–Crippen LogP) is -4.59. The van der Waals surface area contributed by atoms with Crippen LogP contribution in [0.4, 0.5) is 0 Å². The molecular formula is C6H16ClNO6Se. The van der Waals surface area contributed by atoms with Crippen molar-refractivity contribution in [2.45, 2.75) is 24.4 Å². The van der Waals surface area contributed by atoms with Gasteiger partial charge in [-0.1, -0.05) is 0 Å². The third-order valence-electron chi connectivity index (χ3n) is 1.55. The number of hydrogen-bond donors (Lipinski definition) is 6. The van der Waals surface area contributed by atoms with Crippen LogP contribution in [0.1, 0.15) is 0 Å². The van der Waals surface area contributed by atoms with E-state index in [-0.39, 0.29) is 29.5 Å². The second kappa shape index (κ2) is 9.32. The molecule has 0 heterocycles. The molecule has 0 radical (unpaired) electrons. The Bertz CT molecular complexity index is 185. The molecule has 0 fully saturated rings. The predicted molar refractivity (Wildman–Crippen MR) is 56.1 cm³/mol. The van der Waals surface area contributed by atoms with Gasteiger partial charge in [-0.15, -0.1) is 12.4 Å². The van der Waals surface area contributed by atoms with Gasteiger partial charge in [0.15, 0.2) is 6.10 Å². The van der Waals surface area contributed by atoms with Crippen LogP contribution in [0.15, 0.2) is 0 Å². The van der Waals surface area contributed by atoms with Gasteiger partial charge in [-0.2, -0.15) is 0 Å². The summed E-state index contributed by atoms with van der Waals surface area (Å²) in [6.45, 7) is -0.802. The topological polar surface area (TPSA) is 144 Å². The van der Waals surface area contributed by atoms with E-state index in [0.29, 0.717) is 0 Å². The summed E-state index contributed by atoms with van der Waals surface area (Å²) in [6.07, 6.45) is -7.35. The number of rotatable bonds is 5. The van der Waals surface area contributed by atoms with Crippen molar-refractivity contribution < 1.29 is 30.3 Å². The summed E-state index contributed by atoms with van der Waals surface area (Å²) in [4.78, 5) is 10.3. The zero-order chi connectivity index (χ0) is 10.6. The third-order valence-corrected chi connectivity index (χ3v) is 1.55. The van der Waals surface area contributed by atoms with E-state index in [0.717, 1.165) is 0 Å². The number of carbonyl (C=O) groups excluding carboxylic acids is 1. The number of halogens is 1. The summed E-state index contributed by atoms with van der Waals surface area (Å²) >= 11 is 0. The molecule has 0 saturated carbocycles. The van der Waals surface area contributed by atoms with Gasteiger partial charge in [-0.25, -0.2) is 0 Å². The third kappa shape index (κ3) is 6.29. The first-order valence-corrected chi connectivity index (χ1v) is 3.54. The minimum atomic E-state index is -1.98. The Labute approximate surface area is 103 Å². The molecule has 0 bridgehead atoms. The van der Waals surface area contributed by atoms with Gasteiger partial charge in [0.25, 0.3) is 0 Å². The maximum absolute atomic E-state index is 10.3. The maximum atomic E-state index is 10.3. The van der Waals surface area contributed by atoms with E-state index in [1.54, 1.807) is 0 Å². The van der Waals surface area contributed by atoms with Gasteiger partial charge in [0.05, 0.1) is 6.61 Å². The van der Waals surface area contributed by atoms with E-state index in [9.17, 15) is 4.79 Å². The minimum absolute atomic E-state index is 0. The number of hydrogen-bond acceptors (Lipinski definition) is 6. The number of carbonyl (C=O) groups is 1. The van der Waals surface area contributed by atoms with Crippen LogP contribution in [0.5, 0.6) is 0 Å². The fourth-order valence-electron chi connectivity index (χ4n) is 0.691. The van der Waals surface area contributed by atoms with Crippen molar-refractivity contribution in [3.05, 3.63) is 0 Å². The van der Waals surface area contributed by atoms with Crippen molar-refractivity contribution in [3.8, 4) is 0 Å². The van der Waals surface area contributed by atoms with E-state index in [4.69, 9.17) is 25.5 Å². The van der Waals surface area contributed by atoms with Crippen LogP contribution in [-0.2, 0) is 4.79 Å². The molecule has 0 aromatic rings. The average molecular weight is 313 g/mol. The van der Waals surface area contributed by atoms with Crippen molar-refractivity contribution in [2.24, 2.45) is 5.73 Å². The fourth-order valence-corrected chi connectivity index (χ4v) is 0.691. The molecule has 7 nitrogen and oxygen atoms in total. The van der Waals surface area contributed by atoms with Crippen molar-refractivity contribution in [3.63, 3.8) is 0 Å². The molecule has 0 saturated heterocycles. The molecule has 1 amide bonds. The Balaban J connectivity index is -0.000000720. The van der Waals surface area contributed by atoms with Gasteiger partial charge >= 0.3 is 17.1 Å². The SMILES string of the molecule is Cl.NC(=O)C(O)C(O)C(O)C(O)CO.[SeH2]. The van der Waals surface area contributed by atoms with Crippen molar-refractivity contribution >= 4 is 35.4 Å². The first-order valence-electron chi connectivity index (χ1n) is 3.54. The van der Waals surface area contributed by atoms with Gasteiger partial charge in [0.1, 0.15) is 18.3 Å². The monoisotopic (exact) mass is 313 g/mol. The van der Waals surface area contributed by atoms with E-state index in [1.807, 2.05) is 0 Å². The van der Waals surface area contributed by atoms with Gasteiger partial charge in [-0.05, 0) is 0 Å². The number of aliphatic hydroxyl groups excluding tert-OH is 5. The molecule has 4 atom stereocenters. The van der Waals surface area contributed by atoms with Crippen molar-refractivity contribution in [1.29, 1.82) is 0 Å². The van der Waals surface area contributed by atoms with Gasteiger partial charge in [0, 0.05) is 0 Å². The molecule has 15 heavy (non-hydrogen) atoms. The summed E-state index contributed by atoms with van der Waals surface area (Å²) in [7, 11) is 0. The van der Waals surface area contributed by atoms with Crippen molar-refractivity contribution in [2.75, 3.05) is 6.61 Å². The molecule has 94 valence electrons. The van der Waals surface area contributed by atoms with Crippen LogP contribution >= 0.6 is 12.4 Å². The molecule has 7 N–H and O–H groups in total. The molecule has 0 aromatic heterocycles. The van der Waals surface area contributed by atoms with Crippen LogP contribution in [0.2, 0.25) is 0 Å². The van der Waals surface area contributed by atoms with Crippen LogP contribution < -0.4 is 5.73 Å². The molecule has 0 aromatic carbocycles. The molecular weight excluding hydrogens is 296 g/mol. The summed E-state index contributed by atoms with van der Waals surface area (Å²) in [5.74, 6) is -1.23. The summed E-state index contributed by atoms with van der Waals surface area (Å²) in [5, 5.41) is 44.0. The molecule has 0 aliphatic heterocycles. The van der Waals surface area contributed by atoms with Crippen LogP contribution in [0, 0.1) is 0 Å². The van der Waals surface area contributed by atoms with E-state index in [2.05, 4.69) is 5.73 Å². The molecule has 9 heteroatoms. The zero-order valence-electron chi connectivity index (χ0n) is 7.65. The number of nitrogens with two attached hydrogens (primary N) is 1. The Morgan fingerprint density at radius 3 is 1.80 bits per heavy atom. The van der Waals surface area contributed by atoms with Crippen LogP contribution in [0.3, 0.4) is 0 Å². The number of amides is 1. The Hall–Kier alpha value is 0.0795. The van der Waals surface area contributed by atoms with Gasteiger partial charge < -0.3 is 31.3 Å². The second-order valence-electron chi connectivity index (χ2n) is 2.58. The van der Waals surface area contributed by atoms with E-state index in [1.165, 1.54) is 0 Å².